The van der Waals surface area contributed by atoms with Gasteiger partial charge in [-0.25, -0.2) is 0 Å². The molecule has 0 saturated heterocycles. The first-order valence-corrected chi connectivity index (χ1v) is 12.2. The number of nitrogens with one attached hydrogen (secondary N) is 2. The number of aromatic nitrogens is 3. The van der Waals surface area contributed by atoms with E-state index in [1.54, 1.807) is 74.0 Å². The van der Waals surface area contributed by atoms with Crippen LogP contribution in [0.2, 0.25) is 0 Å². The molecule has 0 atom stereocenters. The Morgan fingerprint density at radius 1 is 0.897 bits per heavy atom. The Morgan fingerprint density at radius 3 is 2.44 bits per heavy atom. The van der Waals surface area contributed by atoms with Crippen molar-refractivity contribution in [2.45, 2.75) is 6.54 Å². The van der Waals surface area contributed by atoms with Gasteiger partial charge in [0.15, 0.2) is 11.4 Å². The number of carbonyl (C=O) groups is 1. The highest BCUT2D eigenvalue weighted by Crippen LogP contribution is 2.29. The van der Waals surface area contributed by atoms with Crippen molar-refractivity contribution in [1.82, 2.24) is 20.1 Å². The Hall–Kier alpha value is -5.44. The van der Waals surface area contributed by atoms with E-state index in [4.69, 9.17) is 9.47 Å². The molecule has 9 heteroatoms. The van der Waals surface area contributed by atoms with Gasteiger partial charge >= 0.3 is 0 Å². The number of carbonyl (C=O) groups excluding carboxylic acids is 1. The number of hydrogen-bond acceptors (Lipinski definition) is 7. The second kappa shape index (κ2) is 11.7. The maximum atomic E-state index is 13.7. The van der Waals surface area contributed by atoms with Crippen LogP contribution in [0.25, 0.3) is 5.69 Å². The monoisotopic (exact) mass is 519 g/mol. The lowest BCUT2D eigenvalue weighted by molar-refractivity contribution is 0.0950. The van der Waals surface area contributed by atoms with Crippen molar-refractivity contribution in [2.75, 3.05) is 12.4 Å². The Kier molecular flexibility index (Phi) is 7.59. The van der Waals surface area contributed by atoms with Crippen LogP contribution in [-0.2, 0) is 6.54 Å². The lowest BCUT2D eigenvalue weighted by Gasteiger charge is -2.15. The summed E-state index contributed by atoms with van der Waals surface area (Å²) in [7, 11) is 1.57. The normalized spacial score (nSPS) is 10.5. The van der Waals surface area contributed by atoms with Gasteiger partial charge in [-0.15, -0.1) is 0 Å². The molecule has 5 aromatic rings. The molecule has 9 nitrogen and oxygen atoms in total. The highest BCUT2D eigenvalue weighted by molar-refractivity contribution is 5.95. The van der Waals surface area contributed by atoms with Gasteiger partial charge in [0.2, 0.25) is 0 Å². The fraction of sp³-hybridized carbons (Fsp3) is 0.0667. The second-order valence-electron chi connectivity index (χ2n) is 8.42. The zero-order valence-corrected chi connectivity index (χ0v) is 21.1. The fourth-order valence-electron chi connectivity index (χ4n) is 3.81. The van der Waals surface area contributed by atoms with Crippen LogP contribution in [0.1, 0.15) is 16.1 Å². The number of nitrogens with zero attached hydrogens (tertiary/aromatic N) is 3. The molecule has 0 aliphatic carbocycles. The zero-order valence-electron chi connectivity index (χ0n) is 21.1. The third-order valence-electron chi connectivity index (χ3n) is 5.78. The van der Waals surface area contributed by atoms with Crippen LogP contribution in [0.15, 0.2) is 114 Å². The van der Waals surface area contributed by atoms with E-state index < -0.39 is 5.56 Å². The summed E-state index contributed by atoms with van der Waals surface area (Å²) in [5.41, 5.74) is 1.99. The van der Waals surface area contributed by atoms with Crippen LogP contribution < -0.4 is 25.7 Å². The van der Waals surface area contributed by atoms with Crippen molar-refractivity contribution in [3.05, 3.63) is 131 Å². The average molecular weight is 520 g/mol. The standard InChI is InChI=1S/C30H25N5O4/c1-38-25-15-13-24(14-16-25)35-30(37)28(27(20-33-35)39-26-11-3-2-4-12-26)34-22-10-7-8-21(18-22)29(36)32-19-23-9-5-6-17-31-23/h2-18,20,34H,19H2,1H3,(H,32,36). The molecule has 39 heavy (non-hydrogen) atoms. The van der Waals surface area contributed by atoms with E-state index >= 15 is 0 Å². The Bertz CT molecular complexity index is 1620. The number of methoxy groups -OCH3 is 1. The summed E-state index contributed by atoms with van der Waals surface area (Å²) < 4.78 is 12.5. The molecule has 5 rings (SSSR count). The van der Waals surface area contributed by atoms with E-state index in [2.05, 4.69) is 20.7 Å². The van der Waals surface area contributed by atoms with Gasteiger partial charge in [-0.2, -0.15) is 9.78 Å². The first-order chi connectivity index (χ1) is 19.1. The van der Waals surface area contributed by atoms with Gasteiger partial charge < -0.3 is 20.1 Å². The number of amides is 1. The quantitative estimate of drug-likeness (QED) is 0.279. The molecular formula is C30H25N5O4. The first-order valence-electron chi connectivity index (χ1n) is 12.2. The Labute approximate surface area is 224 Å². The lowest BCUT2D eigenvalue weighted by atomic mass is 10.2. The Morgan fingerprint density at radius 2 is 1.69 bits per heavy atom. The van der Waals surface area contributed by atoms with Crippen molar-refractivity contribution in [3.63, 3.8) is 0 Å². The second-order valence-corrected chi connectivity index (χ2v) is 8.42. The van der Waals surface area contributed by atoms with E-state index in [1.807, 2.05) is 36.4 Å². The average Bonchev–Trinajstić information content (AvgIpc) is 2.99. The molecule has 0 aliphatic heterocycles. The summed E-state index contributed by atoms with van der Waals surface area (Å²) >= 11 is 0. The van der Waals surface area contributed by atoms with Crippen LogP contribution in [-0.4, -0.2) is 27.8 Å². The largest absolute Gasteiger partial charge is 0.497 e. The minimum absolute atomic E-state index is 0.163. The molecule has 0 radical (unpaired) electrons. The predicted octanol–water partition coefficient (Wildman–Crippen LogP) is 5.10. The minimum Gasteiger partial charge on any atom is -0.497 e. The smallest absolute Gasteiger partial charge is 0.299 e. The summed E-state index contributed by atoms with van der Waals surface area (Å²) in [6, 6.07) is 28.5. The van der Waals surface area contributed by atoms with Gasteiger partial charge in [0, 0.05) is 17.4 Å². The van der Waals surface area contributed by atoms with Crippen molar-refractivity contribution in [1.29, 1.82) is 0 Å². The molecule has 0 unspecified atom stereocenters. The first kappa shape index (κ1) is 25.2. The van der Waals surface area contributed by atoms with Crippen LogP contribution in [0, 0.1) is 0 Å². The molecule has 194 valence electrons. The minimum atomic E-state index is -0.432. The maximum Gasteiger partial charge on any atom is 0.299 e. The molecule has 0 spiro atoms. The van der Waals surface area contributed by atoms with Crippen molar-refractivity contribution >= 4 is 17.3 Å². The summed E-state index contributed by atoms with van der Waals surface area (Å²) in [6.45, 7) is 0.295. The van der Waals surface area contributed by atoms with Crippen molar-refractivity contribution < 1.29 is 14.3 Å². The highest BCUT2D eigenvalue weighted by Gasteiger charge is 2.16. The molecule has 2 heterocycles. The fourth-order valence-corrected chi connectivity index (χ4v) is 3.81. The van der Waals surface area contributed by atoms with Gasteiger partial charge in [-0.05, 0) is 66.7 Å². The SMILES string of the molecule is COc1ccc(-n2ncc(Oc3ccccc3)c(Nc3cccc(C(=O)NCc4ccccn4)c3)c2=O)cc1. The lowest BCUT2D eigenvalue weighted by Crippen LogP contribution is -2.24. The van der Waals surface area contributed by atoms with Gasteiger partial charge in [0.25, 0.3) is 11.5 Å². The van der Waals surface area contributed by atoms with E-state index in [-0.39, 0.29) is 17.3 Å². The van der Waals surface area contributed by atoms with Gasteiger partial charge in [0.05, 0.1) is 31.2 Å². The summed E-state index contributed by atoms with van der Waals surface area (Å²) in [6.07, 6.45) is 3.15. The summed E-state index contributed by atoms with van der Waals surface area (Å²) in [4.78, 5) is 30.7. The topological polar surface area (TPSA) is 107 Å². The van der Waals surface area contributed by atoms with E-state index in [0.29, 0.717) is 35.0 Å². The van der Waals surface area contributed by atoms with Gasteiger partial charge in [-0.3, -0.25) is 14.6 Å². The number of anilines is 2. The molecule has 1 amide bonds. The number of ether oxygens (including phenoxy) is 2. The third kappa shape index (κ3) is 6.11. The number of rotatable bonds is 9. The summed E-state index contributed by atoms with van der Waals surface area (Å²) in [5, 5.41) is 10.3. The van der Waals surface area contributed by atoms with Crippen LogP contribution in [0.5, 0.6) is 17.2 Å². The van der Waals surface area contributed by atoms with E-state index in [1.165, 1.54) is 10.9 Å². The number of para-hydroxylation sites is 1. The molecular weight excluding hydrogens is 494 g/mol. The van der Waals surface area contributed by atoms with E-state index in [9.17, 15) is 9.59 Å². The third-order valence-corrected chi connectivity index (χ3v) is 5.78. The van der Waals surface area contributed by atoms with Crippen LogP contribution in [0.3, 0.4) is 0 Å². The highest BCUT2D eigenvalue weighted by atomic mass is 16.5. The Balaban J connectivity index is 1.45. The number of hydrogen-bond donors (Lipinski definition) is 2. The van der Waals surface area contributed by atoms with Crippen LogP contribution >= 0.6 is 0 Å². The number of pyridine rings is 1. The molecule has 2 N–H and O–H groups in total. The van der Waals surface area contributed by atoms with Gasteiger partial charge in [0.1, 0.15) is 11.5 Å². The van der Waals surface area contributed by atoms with Crippen molar-refractivity contribution in [2.24, 2.45) is 0 Å². The summed E-state index contributed by atoms with van der Waals surface area (Å²) in [5.74, 6) is 1.18. The van der Waals surface area contributed by atoms with E-state index in [0.717, 1.165) is 5.69 Å². The molecule has 0 saturated carbocycles. The zero-order chi connectivity index (χ0) is 27.0. The van der Waals surface area contributed by atoms with Gasteiger partial charge in [-0.1, -0.05) is 30.3 Å². The van der Waals surface area contributed by atoms with Crippen molar-refractivity contribution in [3.8, 4) is 22.9 Å². The molecule has 3 aromatic carbocycles. The molecule has 0 bridgehead atoms. The molecule has 0 fully saturated rings. The maximum absolute atomic E-state index is 13.7. The molecule has 0 aliphatic rings. The molecule has 2 aromatic heterocycles. The predicted molar refractivity (Wildman–Crippen MR) is 148 cm³/mol. The number of benzene rings is 3. The van der Waals surface area contributed by atoms with Crippen LogP contribution in [0.4, 0.5) is 11.4 Å².